The highest BCUT2D eigenvalue weighted by Crippen LogP contribution is 2.37. The molecule has 0 spiro atoms. The predicted molar refractivity (Wildman–Crippen MR) is 253 cm³/mol. The van der Waals surface area contributed by atoms with E-state index in [2.05, 4.69) is 41.3 Å². The van der Waals surface area contributed by atoms with Crippen LogP contribution in [0.4, 0.5) is 27.5 Å². The van der Waals surface area contributed by atoms with E-state index in [-0.39, 0.29) is 54.1 Å². The maximum atomic E-state index is 15.5. The number of carbonyl (C=O) groups excluding carboxylic acids is 4. The van der Waals surface area contributed by atoms with E-state index in [9.17, 15) is 24.0 Å². The standard InChI is InChI=1S/C50H62FN11O5/c1-31-39-29-53-50(56-46(39)62(36-5-3-4-6-36)49(67)45(31)32(2)63)54-43-9-7-37(28-52-43)59-23-21-58(22-24-59)20-19-57-15-11-33(12-16-57)25-34-13-17-60(18-14-34)42-26-35-30-61(48(66)38(35)27-40(42)51)41-8-10-44(64)55-47(41)65/h7,9,26-29,33-34,36,41H,3-6,8,10-25,30H2,1-2H3,(H,55,64,65)(H,52,53,54,56)/t41-/m0/s1. The molecule has 17 heteroatoms. The Labute approximate surface area is 390 Å². The van der Waals surface area contributed by atoms with Gasteiger partial charge in [0, 0.05) is 88.5 Å². The lowest BCUT2D eigenvalue weighted by atomic mass is 9.82. The zero-order valence-electron chi connectivity index (χ0n) is 38.8. The van der Waals surface area contributed by atoms with E-state index in [1.807, 2.05) is 12.3 Å². The molecule has 5 aliphatic heterocycles. The second kappa shape index (κ2) is 19.1. The van der Waals surface area contributed by atoms with Gasteiger partial charge in [-0.1, -0.05) is 12.8 Å². The number of aromatic nitrogens is 4. The van der Waals surface area contributed by atoms with Gasteiger partial charge in [-0.25, -0.2) is 14.4 Å². The quantitative estimate of drug-likeness (QED) is 0.133. The summed E-state index contributed by atoms with van der Waals surface area (Å²) in [6, 6.07) is 6.47. The molecule has 3 amide bonds. The van der Waals surface area contributed by atoms with Crippen molar-refractivity contribution in [1.29, 1.82) is 0 Å². The number of aryl methyl sites for hydroxylation is 1. The molecule has 354 valence electrons. The first-order chi connectivity index (χ1) is 32.5. The molecule has 16 nitrogen and oxygen atoms in total. The maximum absolute atomic E-state index is 15.5. The van der Waals surface area contributed by atoms with E-state index in [0.717, 1.165) is 127 Å². The van der Waals surface area contributed by atoms with Crippen LogP contribution in [-0.2, 0) is 16.1 Å². The van der Waals surface area contributed by atoms with E-state index in [4.69, 9.17) is 9.97 Å². The zero-order valence-corrected chi connectivity index (χ0v) is 38.8. The normalized spacial score (nSPS) is 21.7. The van der Waals surface area contributed by atoms with Crippen molar-refractivity contribution in [3.63, 3.8) is 0 Å². The van der Waals surface area contributed by atoms with Crippen LogP contribution in [0, 0.1) is 24.6 Å². The van der Waals surface area contributed by atoms with Crippen LogP contribution in [-0.4, -0.2) is 129 Å². The fraction of sp³-hybridized carbons (Fsp3) is 0.560. The minimum Gasteiger partial charge on any atom is -0.369 e. The summed E-state index contributed by atoms with van der Waals surface area (Å²) in [7, 11) is 0. The predicted octanol–water partition coefficient (Wildman–Crippen LogP) is 5.60. The summed E-state index contributed by atoms with van der Waals surface area (Å²) in [4.78, 5) is 88.6. The second-order valence-electron chi connectivity index (χ2n) is 19.8. The molecule has 1 aliphatic carbocycles. The average Bonchev–Trinajstić information content (AvgIpc) is 3.97. The van der Waals surface area contributed by atoms with Gasteiger partial charge >= 0.3 is 0 Å². The zero-order chi connectivity index (χ0) is 46.3. The van der Waals surface area contributed by atoms with Crippen LogP contribution in [0.2, 0.25) is 0 Å². The van der Waals surface area contributed by atoms with Gasteiger partial charge in [-0.05, 0) is 126 Å². The van der Waals surface area contributed by atoms with Crippen molar-refractivity contribution in [2.75, 3.05) is 80.6 Å². The smallest absolute Gasteiger partial charge is 0.263 e. The number of benzene rings is 1. The molecule has 2 N–H and O–H groups in total. The van der Waals surface area contributed by atoms with Crippen molar-refractivity contribution >= 4 is 57.7 Å². The van der Waals surface area contributed by atoms with Crippen LogP contribution < -0.4 is 26.0 Å². The van der Waals surface area contributed by atoms with E-state index >= 15 is 4.39 Å². The number of halogens is 1. The molecule has 4 aromatic rings. The van der Waals surface area contributed by atoms with Gasteiger partial charge in [-0.15, -0.1) is 0 Å². The summed E-state index contributed by atoms with van der Waals surface area (Å²) in [5.41, 5.74) is 3.80. The van der Waals surface area contributed by atoms with Crippen LogP contribution in [0.5, 0.6) is 0 Å². The number of Topliss-reactive ketones (excluding diaryl/α,β-unsaturated/α-hetero) is 1. The largest absolute Gasteiger partial charge is 0.369 e. The molecule has 10 rings (SSSR count). The topological polar surface area (TPSA) is 169 Å². The van der Waals surface area contributed by atoms with Gasteiger partial charge in [0.25, 0.3) is 11.5 Å². The SMILES string of the molecule is CC(=O)c1c(C)c2cnc(Nc3ccc(N4CCN(CCN5CCC(CC6CCN(c7cc8c(cc7F)C(=O)N([C@H]7CCC(=O)NC7=O)C8)CC6)CC5)CC4)cn3)nc2n(C2CCCC2)c1=O. The summed E-state index contributed by atoms with van der Waals surface area (Å²) < 4.78 is 17.2. The lowest BCUT2D eigenvalue weighted by molar-refractivity contribution is -0.136. The van der Waals surface area contributed by atoms with Crippen LogP contribution in [0.1, 0.15) is 115 Å². The van der Waals surface area contributed by atoms with Crippen molar-refractivity contribution in [2.24, 2.45) is 11.8 Å². The van der Waals surface area contributed by atoms with E-state index in [1.54, 1.807) is 23.8 Å². The summed E-state index contributed by atoms with van der Waals surface area (Å²) >= 11 is 0. The lowest BCUT2D eigenvalue weighted by Crippen LogP contribution is -2.52. The molecule has 0 bridgehead atoms. The molecule has 3 aromatic heterocycles. The second-order valence-corrected chi connectivity index (χ2v) is 19.8. The summed E-state index contributed by atoms with van der Waals surface area (Å²) in [5, 5.41) is 6.29. The number of hydrogen-bond acceptors (Lipinski definition) is 13. The number of pyridine rings is 2. The van der Waals surface area contributed by atoms with Gasteiger partial charge in [-0.2, -0.15) is 4.98 Å². The summed E-state index contributed by atoms with van der Waals surface area (Å²) in [6.07, 6.45) is 13.7. The molecule has 67 heavy (non-hydrogen) atoms. The highest BCUT2D eigenvalue weighted by atomic mass is 19.1. The van der Waals surface area contributed by atoms with E-state index in [0.29, 0.717) is 40.1 Å². The number of ketones is 1. The summed E-state index contributed by atoms with van der Waals surface area (Å²) in [6.45, 7) is 13.4. The molecule has 5 fully saturated rings. The van der Waals surface area contributed by atoms with Gasteiger partial charge in [0.2, 0.25) is 17.8 Å². The lowest BCUT2D eigenvalue weighted by Gasteiger charge is -2.39. The molecule has 0 radical (unpaired) electrons. The number of carbonyl (C=O) groups is 4. The fourth-order valence-electron chi connectivity index (χ4n) is 11.7. The fourth-order valence-corrected chi connectivity index (χ4v) is 11.7. The maximum Gasteiger partial charge on any atom is 0.263 e. The van der Waals surface area contributed by atoms with Crippen molar-refractivity contribution in [3.8, 4) is 0 Å². The average molecular weight is 916 g/mol. The van der Waals surface area contributed by atoms with Gasteiger partial charge in [0.1, 0.15) is 23.3 Å². The third-order valence-electron chi connectivity index (χ3n) is 15.6. The number of anilines is 4. The van der Waals surface area contributed by atoms with Gasteiger partial charge in [-0.3, -0.25) is 38.8 Å². The number of nitrogens with zero attached hydrogens (tertiary/aromatic N) is 9. The molecule has 1 saturated carbocycles. The molecule has 1 atom stereocenters. The number of rotatable bonds is 12. The third-order valence-corrected chi connectivity index (χ3v) is 15.6. The first kappa shape index (κ1) is 45.0. The first-order valence-corrected chi connectivity index (χ1v) is 24.5. The Morgan fingerprint density at radius 1 is 0.821 bits per heavy atom. The van der Waals surface area contributed by atoms with E-state index in [1.165, 1.54) is 37.2 Å². The number of fused-ring (bicyclic) bond motifs is 2. The van der Waals surface area contributed by atoms with Gasteiger partial charge in [0.05, 0.1) is 23.1 Å². The number of hydrogen-bond donors (Lipinski definition) is 2. The Morgan fingerprint density at radius 3 is 2.19 bits per heavy atom. The van der Waals surface area contributed by atoms with Crippen LogP contribution in [0.25, 0.3) is 11.0 Å². The number of imide groups is 1. The Bertz CT molecular complexity index is 2610. The minimum atomic E-state index is -0.711. The van der Waals surface area contributed by atoms with Crippen molar-refractivity contribution < 1.29 is 23.6 Å². The molecule has 6 aliphatic rings. The molecule has 0 unspecified atom stereocenters. The Kier molecular flexibility index (Phi) is 12.8. The van der Waals surface area contributed by atoms with Crippen molar-refractivity contribution in [3.05, 3.63) is 75.1 Å². The number of piperidine rings is 3. The summed E-state index contributed by atoms with van der Waals surface area (Å²) in [5.74, 6) is 0.565. The Hall–Kier alpha value is -5.81. The highest BCUT2D eigenvalue weighted by Gasteiger charge is 2.40. The van der Waals surface area contributed by atoms with E-state index < -0.39 is 17.8 Å². The minimum absolute atomic E-state index is 0.0168. The van der Waals surface area contributed by atoms with Crippen molar-refractivity contribution in [2.45, 2.75) is 103 Å². The van der Waals surface area contributed by atoms with Crippen LogP contribution >= 0.6 is 0 Å². The molecular weight excluding hydrogens is 854 g/mol. The number of likely N-dealkylation sites (tertiary alicyclic amines) is 1. The molecule has 4 saturated heterocycles. The number of amides is 3. The highest BCUT2D eigenvalue weighted by molar-refractivity contribution is 6.05. The molecule has 1 aromatic carbocycles. The first-order valence-electron chi connectivity index (χ1n) is 24.5. The molecule has 8 heterocycles. The Morgan fingerprint density at radius 2 is 1.52 bits per heavy atom. The number of nitrogens with one attached hydrogen (secondary N) is 2. The number of piperazine rings is 1. The van der Waals surface area contributed by atoms with Crippen molar-refractivity contribution in [1.82, 2.24) is 39.5 Å². The Balaban J connectivity index is 0.646. The van der Waals surface area contributed by atoms with Crippen LogP contribution in [0.15, 0.2) is 41.5 Å². The monoisotopic (exact) mass is 915 g/mol. The molecular formula is C50H62FN11O5. The van der Waals surface area contributed by atoms with Crippen LogP contribution in [0.3, 0.4) is 0 Å². The van der Waals surface area contributed by atoms with Gasteiger partial charge in [0.15, 0.2) is 5.78 Å². The third kappa shape index (κ3) is 9.28. The van der Waals surface area contributed by atoms with Gasteiger partial charge < -0.3 is 24.9 Å².